The zero-order valence-electron chi connectivity index (χ0n) is 48.8. The van der Waals surface area contributed by atoms with Crippen LogP contribution in [-0.4, -0.2) is 88.2 Å². The highest BCUT2D eigenvalue weighted by Gasteiger charge is 2.58. The predicted octanol–water partition coefficient (Wildman–Crippen LogP) is 16.4. The van der Waals surface area contributed by atoms with Crippen molar-refractivity contribution in [3.8, 4) is 0 Å². The predicted molar refractivity (Wildman–Crippen MR) is 333 cm³/mol. The number of ether oxygens (including phenoxy) is 9. The van der Waals surface area contributed by atoms with Crippen molar-refractivity contribution in [2.75, 3.05) is 13.2 Å². The molecule has 4 heterocycles. The Morgan fingerprint density at radius 2 is 1.10 bits per heavy atom. The molecule has 0 amide bonds. The third-order valence-corrected chi connectivity index (χ3v) is 23.1. The van der Waals surface area contributed by atoms with Crippen molar-refractivity contribution in [1.82, 2.24) is 0 Å². The van der Waals surface area contributed by atoms with Crippen molar-refractivity contribution in [3.05, 3.63) is 201 Å². The molecule has 0 spiro atoms. The molecule has 4 aliphatic rings. The summed E-state index contributed by atoms with van der Waals surface area (Å²) in [5, 5.41) is 2.20. The number of halogens is 2. The number of hydrogen-bond donors (Lipinski definition) is 0. The molecule has 3 fully saturated rings. The normalized spacial score (nSPS) is 29.5. The molecule has 0 aliphatic carbocycles. The zero-order valence-corrected chi connectivity index (χ0v) is 53.0. The van der Waals surface area contributed by atoms with E-state index in [0.29, 0.717) is 65.3 Å². The Morgan fingerprint density at radius 3 is 1.73 bits per heavy atom. The molecule has 0 aromatic heterocycles. The van der Waals surface area contributed by atoms with Gasteiger partial charge in [0.15, 0.2) is 14.6 Å². The SMILES string of the molecule is C[C@@H]1C[C@H](OCc2ccc(Br)cc2)[C@@H](COCc2ccc(Br)cc2)O[C@H]2C[C@@H]3O[C@H](c4ccc5ccccc5c4)O[C@@H](C[C@H]4O[C@@H](COCc5ccccc5)[C@H](OCc5ccccc5)C/C=C\C[C@@H]4O[Si](C)(C)C(C)(C)C)[C@]3(C)O[C@@H]2C1. The van der Waals surface area contributed by atoms with E-state index in [4.69, 9.17) is 47.1 Å². The van der Waals surface area contributed by atoms with Crippen LogP contribution >= 0.6 is 31.9 Å². The van der Waals surface area contributed by atoms with Crippen LogP contribution in [0.25, 0.3) is 10.8 Å². The van der Waals surface area contributed by atoms with E-state index in [2.05, 4.69) is 207 Å². The summed E-state index contributed by atoms with van der Waals surface area (Å²) < 4.78 is 74.3. The van der Waals surface area contributed by atoms with Crippen molar-refractivity contribution >= 4 is 50.9 Å². The zero-order chi connectivity index (χ0) is 57.3. The van der Waals surface area contributed by atoms with Gasteiger partial charge in [0.05, 0.1) is 88.5 Å². The fourth-order valence-corrected chi connectivity index (χ4v) is 13.6. The Kier molecular flexibility index (Phi) is 21.0. The molecule has 0 N–H and O–H groups in total. The largest absolute Gasteiger partial charge is 0.411 e. The van der Waals surface area contributed by atoms with Gasteiger partial charge in [-0.25, -0.2) is 0 Å². The first-order chi connectivity index (χ1) is 39.5. The molecule has 0 unspecified atom stereocenters. The lowest BCUT2D eigenvalue weighted by Crippen LogP contribution is -2.67. The lowest BCUT2D eigenvalue weighted by atomic mass is 9.78. The van der Waals surface area contributed by atoms with Crippen LogP contribution in [0.15, 0.2) is 173 Å². The van der Waals surface area contributed by atoms with Gasteiger partial charge in [-0.1, -0.05) is 193 Å². The van der Waals surface area contributed by atoms with Crippen LogP contribution in [0.3, 0.4) is 0 Å². The van der Waals surface area contributed by atoms with Crippen molar-refractivity contribution in [2.24, 2.45) is 5.92 Å². The summed E-state index contributed by atoms with van der Waals surface area (Å²) in [6, 6.07) is 52.2. The van der Waals surface area contributed by atoms with E-state index in [1.165, 1.54) is 0 Å². The molecule has 438 valence electrons. The molecule has 10 rings (SSSR count). The van der Waals surface area contributed by atoms with Gasteiger partial charge in [0.2, 0.25) is 0 Å². The first kappa shape index (κ1) is 61.2. The molecule has 4 aliphatic heterocycles. The Hall–Kier alpha value is -3.90. The molecule has 0 radical (unpaired) electrons. The van der Waals surface area contributed by atoms with E-state index in [1.807, 2.05) is 36.4 Å². The van der Waals surface area contributed by atoms with Gasteiger partial charge in [-0.15, -0.1) is 0 Å². The molecule has 10 nitrogen and oxygen atoms in total. The average molecular weight is 1260 g/mol. The van der Waals surface area contributed by atoms with Gasteiger partial charge in [0.1, 0.15) is 17.8 Å². The molecular formula is C69H84Br2O10Si. The van der Waals surface area contributed by atoms with Crippen molar-refractivity contribution in [3.63, 3.8) is 0 Å². The van der Waals surface area contributed by atoms with Gasteiger partial charge >= 0.3 is 0 Å². The number of hydrogen-bond acceptors (Lipinski definition) is 10. The third-order valence-electron chi connectivity index (χ3n) is 17.5. The summed E-state index contributed by atoms with van der Waals surface area (Å²) in [4.78, 5) is 0. The van der Waals surface area contributed by atoms with E-state index in [-0.39, 0.29) is 47.6 Å². The quantitative estimate of drug-likeness (QED) is 0.0577. The van der Waals surface area contributed by atoms with Crippen LogP contribution in [0.5, 0.6) is 0 Å². The van der Waals surface area contributed by atoms with Gasteiger partial charge in [-0.3, -0.25) is 0 Å². The molecule has 13 heteroatoms. The first-order valence-corrected chi connectivity index (χ1v) is 34.1. The van der Waals surface area contributed by atoms with Gasteiger partial charge in [0, 0.05) is 27.4 Å². The summed E-state index contributed by atoms with van der Waals surface area (Å²) in [5.41, 5.74) is 4.40. The Balaban J connectivity index is 0.992. The van der Waals surface area contributed by atoms with Crippen LogP contribution in [0.2, 0.25) is 18.1 Å². The fourth-order valence-electron chi connectivity index (χ4n) is 11.7. The molecule has 13 atom stereocenters. The lowest BCUT2D eigenvalue weighted by molar-refractivity contribution is -0.376. The maximum atomic E-state index is 7.71. The average Bonchev–Trinajstić information content (AvgIpc) is 3.62. The minimum Gasteiger partial charge on any atom is -0.411 e. The monoisotopic (exact) mass is 1260 g/mol. The van der Waals surface area contributed by atoms with Gasteiger partial charge in [0.25, 0.3) is 0 Å². The molecule has 6 aromatic rings. The topological polar surface area (TPSA) is 92.3 Å². The van der Waals surface area contributed by atoms with Crippen LogP contribution < -0.4 is 0 Å². The standard InChI is InChI=1S/C69H84Br2O10Si/c1-47-36-59(75-44-51-28-34-56(71)35-29-51)64(46-73-42-50-26-32-55(70)33-27-50)77-61-40-66-69(5,80-62(61)37-47)65(78-67(79-66)54-31-30-52-22-14-15-23-53(52)38-54)39-60-58(81-82(6,7)68(2,3)4)25-17-16-24-57(74-43-49-20-12-9-13-21-49)63(76-60)45-72-41-48-18-10-8-11-19-48/h8-23,26-35,38,47,57-67H,24-25,36-37,39-46H2,1-7H3/b17-16-/t47-,57-,58+,59+,60-,61+,62-,63+,64-,65+,66+,67-,69+/m1/s1. The van der Waals surface area contributed by atoms with E-state index in [1.54, 1.807) is 0 Å². The van der Waals surface area contributed by atoms with Crippen LogP contribution in [-0.2, 0) is 73.5 Å². The second-order valence-corrected chi connectivity index (χ2v) is 31.4. The van der Waals surface area contributed by atoms with Crippen molar-refractivity contribution < 1.29 is 47.1 Å². The molecule has 0 saturated carbocycles. The molecule has 82 heavy (non-hydrogen) atoms. The highest BCUT2D eigenvalue weighted by Crippen LogP contribution is 2.49. The van der Waals surface area contributed by atoms with E-state index in [0.717, 1.165) is 60.4 Å². The minimum atomic E-state index is -2.40. The summed E-state index contributed by atoms with van der Waals surface area (Å²) in [5.74, 6) is 0.228. The fraction of sp³-hybridized carbons (Fsp3) is 0.478. The van der Waals surface area contributed by atoms with E-state index in [9.17, 15) is 0 Å². The van der Waals surface area contributed by atoms with Gasteiger partial charge in [-0.2, -0.15) is 0 Å². The minimum absolute atomic E-state index is 0.0616. The number of benzene rings is 6. The molecule has 6 aromatic carbocycles. The molecule has 0 bridgehead atoms. The van der Waals surface area contributed by atoms with Crippen LogP contribution in [0.1, 0.15) is 107 Å². The number of rotatable bonds is 19. The lowest BCUT2D eigenvalue weighted by Gasteiger charge is -2.57. The molecular weight excluding hydrogens is 1180 g/mol. The Bertz CT molecular complexity index is 2960. The highest BCUT2D eigenvalue weighted by molar-refractivity contribution is 9.10. The highest BCUT2D eigenvalue weighted by atomic mass is 79.9. The summed E-state index contributed by atoms with van der Waals surface area (Å²) in [6.07, 6.45) is 3.98. The van der Waals surface area contributed by atoms with Crippen LogP contribution in [0, 0.1) is 5.92 Å². The smallest absolute Gasteiger partial charge is 0.192 e. The Morgan fingerprint density at radius 1 is 0.549 bits per heavy atom. The van der Waals surface area contributed by atoms with Crippen LogP contribution in [0.4, 0.5) is 0 Å². The summed E-state index contributed by atoms with van der Waals surface area (Å²) >= 11 is 7.19. The first-order valence-electron chi connectivity index (χ1n) is 29.6. The third kappa shape index (κ3) is 15.9. The Labute approximate surface area is 505 Å². The van der Waals surface area contributed by atoms with Crippen molar-refractivity contribution in [2.45, 2.75) is 191 Å². The van der Waals surface area contributed by atoms with Crippen molar-refractivity contribution in [1.29, 1.82) is 0 Å². The second kappa shape index (κ2) is 28.1. The number of fused-ring (bicyclic) bond motifs is 3. The van der Waals surface area contributed by atoms with Gasteiger partial charge in [-0.05, 0) is 120 Å². The van der Waals surface area contributed by atoms with E-state index < -0.39 is 44.6 Å². The van der Waals surface area contributed by atoms with Gasteiger partial charge < -0.3 is 47.1 Å². The summed E-state index contributed by atoms with van der Waals surface area (Å²) in [7, 11) is -2.40. The summed E-state index contributed by atoms with van der Waals surface area (Å²) in [6.45, 7) is 18.5. The maximum Gasteiger partial charge on any atom is 0.192 e. The second-order valence-electron chi connectivity index (χ2n) is 24.8. The van der Waals surface area contributed by atoms with E-state index >= 15 is 0 Å². The molecule has 3 saturated heterocycles. The maximum absolute atomic E-state index is 7.71.